The van der Waals surface area contributed by atoms with E-state index >= 15 is 0 Å². The summed E-state index contributed by atoms with van der Waals surface area (Å²) >= 11 is 0. The van der Waals surface area contributed by atoms with Crippen molar-refractivity contribution in [3.8, 4) is 5.75 Å². The zero-order valence-electron chi connectivity index (χ0n) is 10.8. The van der Waals surface area contributed by atoms with Gasteiger partial charge in [-0.1, -0.05) is 12.1 Å². The van der Waals surface area contributed by atoms with Gasteiger partial charge < -0.3 is 14.6 Å². The first-order valence-corrected chi connectivity index (χ1v) is 6.70. The second kappa shape index (κ2) is 4.56. The summed E-state index contributed by atoms with van der Waals surface area (Å²) in [5.74, 6) is 0.963. The Balaban J connectivity index is 2.11. The third-order valence-electron chi connectivity index (χ3n) is 4.58. The van der Waals surface area contributed by atoms with Crippen molar-refractivity contribution in [2.24, 2.45) is 0 Å². The Morgan fingerprint density at radius 1 is 1.33 bits per heavy atom. The first-order valence-electron chi connectivity index (χ1n) is 6.70. The maximum absolute atomic E-state index is 10.5. The standard InChI is InChI=1S/C15H20O3/c1-17-13-4-2-3-12-11(13)5-6-14(16)15(12)7-9-18-10-8-15/h2-4,14,16H,5-10H2,1H3. The quantitative estimate of drug-likeness (QED) is 0.826. The molecule has 18 heavy (non-hydrogen) atoms. The summed E-state index contributed by atoms with van der Waals surface area (Å²) in [6.45, 7) is 1.49. The van der Waals surface area contributed by atoms with E-state index in [9.17, 15) is 5.11 Å². The highest BCUT2D eigenvalue weighted by atomic mass is 16.5. The molecule has 1 saturated heterocycles. The SMILES string of the molecule is COc1cccc2c1CCC(O)C21CCOCC1. The lowest BCUT2D eigenvalue weighted by Gasteiger charge is -2.45. The minimum absolute atomic E-state index is 0.111. The van der Waals surface area contributed by atoms with Crippen LogP contribution in [0.4, 0.5) is 0 Å². The van der Waals surface area contributed by atoms with Crippen LogP contribution in [0.25, 0.3) is 0 Å². The number of fused-ring (bicyclic) bond motifs is 2. The van der Waals surface area contributed by atoms with Crippen molar-refractivity contribution in [2.45, 2.75) is 37.2 Å². The van der Waals surface area contributed by atoms with Gasteiger partial charge in [-0.25, -0.2) is 0 Å². The van der Waals surface area contributed by atoms with Gasteiger partial charge in [-0.05, 0) is 42.9 Å². The highest BCUT2D eigenvalue weighted by molar-refractivity contribution is 5.47. The average Bonchev–Trinajstić information content (AvgIpc) is 2.44. The fraction of sp³-hybridized carbons (Fsp3) is 0.600. The second-order valence-corrected chi connectivity index (χ2v) is 5.31. The number of benzene rings is 1. The third kappa shape index (κ3) is 1.65. The Kier molecular flexibility index (Phi) is 3.04. The summed E-state index contributed by atoms with van der Waals surface area (Å²) in [5.41, 5.74) is 2.46. The third-order valence-corrected chi connectivity index (χ3v) is 4.58. The monoisotopic (exact) mass is 248 g/mol. The summed E-state index contributed by atoms with van der Waals surface area (Å²) in [5, 5.41) is 10.5. The lowest BCUT2D eigenvalue weighted by atomic mass is 9.64. The van der Waals surface area contributed by atoms with Gasteiger partial charge in [0.15, 0.2) is 0 Å². The molecule has 1 aromatic carbocycles. The van der Waals surface area contributed by atoms with Gasteiger partial charge in [0.1, 0.15) is 5.75 Å². The van der Waals surface area contributed by atoms with Crippen molar-refractivity contribution in [1.29, 1.82) is 0 Å². The van der Waals surface area contributed by atoms with E-state index in [1.807, 2.05) is 12.1 Å². The van der Waals surface area contributed by atoms with Crippen LogP contribution in [0.2, 0.25) is 0 Å². The molecule has 1 aliphatic carbocycles. The minimum Gasteiger partial charge on any atom is -0.496 e. The van der Waals surface area contributed by atoms with Crippen LogP contribution in [0, 0.1) is 0 Å². The molecular weight excluding hydrogens is 228 g/mol. The van der Waals surface area contributed by atoms with Gasteiger partial charge in [-0.3, -0.25) is 0 Å². The van der Waals surface area contributed by atoms with Gasteiger partial charge in [-0.15, -0.1) is 0 Å². The molecule has 0 amide bonds. The molecule has 1 spiro atoms. The average molecular weight is 248 g/mol. The maximum Gasteiger partial charge on any atom is 0.122 e. The van der Waals surface area contributed by atoms with Gasteiger partial charge in [0.05, 0.1) is 13.2 Å². The Morgan fingerprint density at radius 3 is 2.83 bits per heavy atom. The predicted octanol–water partition coefficient (Wildman–Crippen LogP) is 2.05. The molecule has 1 aliphatic heterocycles. The molecule has 0 bridgehead atoms. The Bertz CT molecular complexity index is 435. The molecule has 98 valence electrons. The number of rotatable bonds is 1. The number of aliphatic hydroxyl groups excluding tert-OH is 1. The van der Waals surface area contributed by atoms with E-state index in [4.69, 9.17) is 9.47 Å². The van der Waals surface area contributed by atoms with Crippen molar-refractivity contribution in [3.05, 3.63) is 29.3 Å². The summed E-state index contributed by atoms with van der Waals surface area (Å²) in [7, 11) is 1.72. The fourth-order valence-electron chi connectivity index (χ4n) is 3.56. The van der Waals surface area contributed by atoms with Crippen molar-refractivity contribution >= 4 is 0 Å². The van der Waals surface area contributed by atoms with Gasteiger partial charge in [0.2, 0.25) is 0 Å². The zero-order chi connectivity index (χ0) is 12.6. The molecule has 1 unspecified atom stereocenters. The number of hydrogen-bond donors (Lipinski definition) is 1. The summed E-state index contributed by atoms with van der Waals surface area (Å²) < 4.78 is 10.9. The van der Waals surface area contributed by atoms with E-state index in [-0.39, 0.29) is 11.5 Å². The van der Waals surface area contributed by atoms with Crippen LogP contribution in [0.3, 0.4) is 0 Å². The normalized spacial score (nSPS) is 25.8. The summed E-state index contributed by atoms with van der Waals surface area (Å²) in [4.78, 5) is 0. The van der Waals surface area contributed by atoms with Crippen LogP contribution in [0.15, 0.2) is 18.2 Å². The van der Waals surface area contributed by atoms with Gasteiger partial charge >= 0.3 is 0 Å². The van der Waals surface area contributed by atoms with E-state index in [2.05, 4.69) is 6.07 Å². The molecule has 1 fully saturated rings. The number of ether oxygens (including phenoxy) is 2. The lowest BCUT2D eigenvalue weighted by Crippen LogP contribution is -2.47. The van der Waals surface area contributed by atoms with Crippen LogP contribution in [-0.4, -0.2) is 31.5 Å². The maximum atomic E-state index is 10.5. The molecular formula is C15H20O3. The predicted molar refractivity (Wildman–Crippen MR) is 69.1 cm³/mol. The fourth-order valence-corrected chi connectivity index (χ4v) is 3.56. The van der Waals surface area contributed by atoms with Crippen LogP contribution in [0.1, 0.15) is 30.4 Å². The molecule has 0 radical (unpaired) electrons. The first-order chi connectivity index (χ1) is 8.78. The molecule has 1 N–H and O–H groups in total. The highest BCUT2D eigenvalue weighted by Crippen LogP contribution is 2.46. The van der Waals surface area contributed by atoms with Crippen LogP contribution in [-0.2, 0) is 16.6 Å². The second-order valence-electron chi connectivity index (χ2n) is 5.31. The topological polar surface area (TPSA) is 38.7 Å². The number of aliphatic hydroxyl groups is 1. The summed E-state index contributed by atoms with van der Waals surface area (Å²) in [6.07, 6.45) is 3.31. The van der Waals surface area contributed by atoms with Crippen molar-refractivity contribution < 1.29 is 14.6 Å². The van der Waals surface area contributed by atoms with E-state index in [0.29, 0.717) is 0 Å². The summed E-state index contributed by atoms with van der Waals surface area (Å²) in [6, 6.07) is 6.21. The van der Waals surface area contributed by atoms with Gasteiger partial charge in [0.25, 0.3) is 0 Å². The van der Waals surface area contributed by atoms with Crippen molar-refractivity contribution in [3.63, 3.8) is 0 Å². The largest absolute Gasteiger partial charge is 0.496 e. The van der Waals surface area contributed by atoms with Crippen LogP contribution < -0.4 is 4.74 Å². The molecule has 1 aromatic rings. The van der Waals surface area contributed by atoms with E-state index < -0.39 is 0 Å². The van der Waals surface area contributed by atoms with Gasteiger partial charge in [-0.2, -0.15) is 0 Å². The molecule has 0 aromatic heterocycles. The van der Waals surface area contributed by atoms with Crippen LogP contribution >= 0.6 is 0 Å². The number of hydrogen-bond acceptors (Lipinski definition) is 3. The number of methoxy groups -OCH3 is 1. The molecule has 2 aliphatic rings. The molecule has 3 rings (SSSR count). The zero-order valence-corrected chi connectivity index (χ0v) is 10.8. The molecule has 3 nitrogen and oxygen atoms in total. The van der Waals surface area contributed by atoms with E-state index in [1.165, 1.54) is 11.1 Å². The minimum atomic E-state index is -0.249. The Hall–Kier alpha value is -1.06. The molecule has 3 heteroatoms. The Labute approximate surface area is 108 Å². The van der Waals surface area contributed by atoms with Crippen molar-refractivity contribution in [2.75, 3.05) is 20.3 Å². The smallest absolute Gasteiger partial charge is 0.122 e. The van der Waals surface area contributed by atoms with E-state index in [0.717, 1.165) is 44.6 Å². The van der Waals surface area contributed by atoms with E-state index in [1.54, 1.807) is 7.11 Å². The van der Waals surface area contributed by atoms with Crippen LogP contribution in [0.5, 0.6) is 5.75 Å². The van der Waals surface area contributed by atoms with Gasteiger partial charge in [0, 0.05) is 18.6 Å². The molecule has 1 heterocycles. The Morgan fingerprint density at radius 2 is 2.11 bits per heavy atom. The van der Waals surface area contributed by atoms with Crippen molar-refractivity contribution in [1.82, 2.24) is 0 Å². The first kappa shape index (κ1) is 12.0. The molecule has 1 atom stereocenters. The lowest BCUT2D eigenvalue weighted by molar-refractivity contribution is -0.0239. The molecule has 0 saturated carbocycles. The highest BCUT2D eigenvalue weighted by Gasteiger charge is 2.45.